The van der Waals surface area contributed by atoms with Crippen LogP contribution in [0.5, 0.6) is 0 Å². The van der Waals surface area contributed by atoms with Crippen LogP contribution in [0.4, 0.5) is 4.39 Å². The van der Waals surface area contributed by atoms with E-state index in [0.717, 1.165) is 6.08 Å². The zero-order valence-electron chi connectivity index (χ0n) is 16.8. The molecule has 32 heavy (non-hydrogen) atoms. The van der Waals surface area contributed by atoms with Gasteiger partial charge in [0.1, 0.15) is 15.3 Å². The summed E-state index contributed by atoms with van der Waals surface area (Å²) < 4.78 is 19.9. The molecule has 8 nitrogen and oxygen atoms in total. The van der Waals surface area contributed by atoms with Crippen LogP contribution in [0.3, 0.4) is 0 Å². The molecule has 0 unspecified atom stereocenters. The number of amides is 2. The Balaban J connectivity index is 1.49. The van der Waals surface area contributed by atoms with Crippen molar-refractivity contribution in [2.75, 3.05) is 25.4 Å². The summed E-state index contributed by atoms with van der Waals surface area (Å²) in [5, 5.41) is 7.09. The molecule has 0 radical (unpaired) electrons. The van der Waals surface area contributed by atoms with Gasteiger partial charge in [0.25, 0.3) is 5.91 Å². The maximum atomic E-state index is 13.1. The van der Waals surface area contributed by atoms with Gasteiger partial charge in [0.15, 0.2) is 6.61 Å². The first-order chi connectivity index (χ1) is 15.3. The Bertz CT molecular complexity index is 1070. The van der Waals surface area contributed by atoms with E-state index >= 15 is 0 Å². The van der Waals surface area contributed by atoms with Crippen LogP contribution in [-0.4, -0.2) is 62.2 Å². The molecule has 1 fully saturated rings. The lowest BCUT2D eigenvalue weighted by molar-refractivity contribution is -0.143. The molecule has 1 aromatic heterocycles. The average molecular weight is 497 g/mol. The molecule has 2 amide bonds. The fourth-order valence-electron chi connectivity index (χ4n) is 2.75. The van der Waals surface area contributed by atoms with Gasteiger partial charge in [-0.2, -0.15) is 5.10 Å². The number of esters is 1. The van der Waals surface area contributed by atoms with Crippen LogP contribution in [0, 0.1) is 12.7 Å². The van der Waals surface area contributed by atoms with Crippen molar-refractivity contribution in [2.24, 2.45) is 0 Å². The van der Waals surface area contributed by atoms with E-state index in [9.17, 15) is 18.8 Å². The van der Waals surface area contributed by atoms with Crippen LogP contribution in [0.2, 0.25) is 5.15 Å². The first-order valence-corrected chi connectivity index (χ1v) is 11.1. The molecular formula is C20H18ClFN4O4S2. The lowest BCUT2D eigenvalue weighted by atomic mass is 10.2. The van der Waals surface area contributed by atoms with Gasteiger partial charge in [-0.15, -0.1) is 0 Å². The summed E-state index contributed by atoms with van der Waals surface area (Å²) in [6.45, 7) is 1.69. The molecule has 0 atom stereocenters. The monoisotopic (exact) mass is 496 g/mol. The number of ether oxygens (including phenoxy) is 1. The zero-order valence-corrected chi connectivity index (χ0v) is 19.2. The third-order valence-corrected chi connectivity index (χ3v) is 6.15. The first kappa shape index (κ1) is 23.9. The molecule has 0 bridgehead atoms. The van der Waals surface area contributed by atoms with E-state index in [1.54, 1.807) is 6.92 Å². The number of nitrogens with zero attached hydrogens (tertiary/aromatic N) is 3. The van der Waals surface area contributed by atoms with E-state index in [4.69, 9.17) is 28.6 Å². The van der Waals surface area contributed by atoms with Crippen molar-refractivity contribution in [3.8, 4) is 5.69 Å². The summed E-state index contributed by atoms with van der Waals surface area (Å²) in [4.78, 5) is 36.8. The Hall–Kier alpha value is -2.76. The second-order valence-electron chi connectivity index (χ2n) is 6.57. The molecule has 3 rings (SSSR count). The van der Waals surface area contributed by atoms with E-state index < -0.39 is 18.5 Å². The first-order valence-electron chi connectivity index (χ1n) is 9.36. The van der Waals surface area contributed by atoms with Gasteiger partial charge >= 0.3 is 5.97 Å². The summed E-state index contributed by atoms with van der Waals surface area (Å²) in [5.74, 6) is -1.41. The molecule has 2 aromatic rings. The Labute approximate surface area is 197 Å². The lowest BCUT2D eigenvalue weighted by Crippen LogP contribution is -2.38. The number of carbonyl (C=O) groups excluding carboxylic acids is 3. The van der Waals surface area contributed by atoms with Crippen molar-refractivity contribution in [1.82, 2.24) is 20.0 Å². The van der Waals surface area contributed by atoms with Crippen LogP contribution < -0.4 is 5.32 Å². The smallest absolute Gasteiger partial charge is 0.331 e. The number of nitrogens with one attached hydrogen (secondary N) is 1. The summed E-state index contributed by atoms with van der Waals surface area (Å²) in [5.41, 5.74) is 1.60. The van der Waals surface area contributed by atoms with Crippen LogP contribution in [0.25, 0.3) is 11.8 Å². The van der Waals surface area contributed by atoms with E-state index in [0.29, 0.717) is 27.0 Å². The third-order valence-electron chi connectivity index (χ3n) is 4.35. The van der Waals surface area contributed by atoms with Gasteiger partial charge in [-0.25, -0.2) is 13.9 Å². The van der Waals surface area contributed by atoms with Crippen LogP contribution in [0.1, 0.15) is 11.3 Å². The summed E-state index contributed by atoms with van der Waals surface area (Å²) in [6, 6.07) is 5.63. The molecule has 1 aliphatic heterocycles. The van der Waals surface area contributed by atoms with Gasteiger partial charge in [-0.1, -0.05) is 35.6 Å². The molecule has 0 saturated carbocycles. The Kier molecular flexibility index (Phi) is 7.99. The standard InChI is InChI=1S/C20H18ClFN4O4S2/c1-12-15(19(21)26(24-12)14-4-2-13(22)3-5-14)6-7-18(29)30-10-16(27)23-8-9-25-17(28)11-32-20(25)31/h2-7H,8-11H2,1H3,(H,23,27)/b7-6+. The minimum Gasteiger partial charge on any atom is -0.452 e. The number of benzene rings is 1. The molecule has 0 spiro atoms. The number of hydrogen-bond acceptors (Lipinski definition) is 7. The highest BCUT2D eigenvalue weighted by atomic mass is 35.5. The average Bonchev–Trinajstić information content (AvgIpc) is 3.23. The lowest BCUT2D eigenvalue weighted by Gasteiger charge is -2.14. The van der Waals surface area contributed by atoms with Crippen LogP contribution >= 0.6 is 35.6 Å². The molecule has 12 heteroatoms. The SMILES string of the molecule is Cc1nn(-c2ccc(F)cc2)c(Cl)c1/C=C/C(=O)OCC(=O)NCCN1C(=O)CSC1=S. The quantitative estimate of drug-likeness (QED) is 0.341. The third kappa shape index (κ3) is 5.93. The van der Waals surface area contributed by atoms with Crippen LogP contribution in [-0.2, 0) is 19.1 Å². The van der Waals surface area contributed by atoms with Crippen molar-refractivity contribution in [3.05, 3.63) is 52.6 Å². The second kappa shape index (κ2) is 10.7. The number of thiocarbonyl (C=S) groups is 1. The van der Waals surface area contributed by atoms with Gasteiger partial charge in [-0.05, 0) is 37.3 Å². The topological polar surface area (TPSA) is 93.5 Å². The maximum Gasteiger partial charge on any atom is 0.331 e. The summed E-state index contributed by atoms with van der Waals surface area (Å²) in [7, 11) is 0. The number of aryl methyl sites for hydroxylation is 1. The van der Waals surface area contributed by atoms with E-state index in [-0.39, 0.29) is 30.0 Å². The highest BCUT2D eigenvalue weighted by Crippen LogP contribution is 2.25. The Morgan fingerprint density at radius 1 is 1.38 bits per heavy atom. The predicted molar refractivity (Wildman–Crippen MR) is 123 cm³/mol. The largest absolute Gasteiger partial charge is 0.452 e. The molecule has 0 aliphatic carbocycles. The van der Waals surface area contributed by atoms with Gasteiger partial charge in [0.05, 0.1) is 17.1 Å². The zero-order chi connectivity index (χ0) is 23.3. The van der Waals surface area contributed by atoms with Gasteiger partial charge in [0, 0.05) is 24.7 Å². The predicted octanol–water partition coefficient (Wildman–Crippen LogP) is 2.51. The van der Waals surface area contributed by atoms with Crippen LogP contribution in [0.15, 0.2) is 30.3 Å². The fourth-order valence-corrected chi connectivity index (χ4v) is 4.20. The molecular weight excluding hydrogens is 479 g/mol. The van der Waals surface area contributed by atoms with Crippen molar-refractivity contribution in [2.45, 2.75) is 6.92 Å². The Morgan fingerprint density at radius 2 is 2.09 bits per heavy atom. The second-order valence-corrected chi connectivity index (χ2v) is 8.54. The summed E-state index contributed by atoms with van der Waals surface area (Å²) in [6.07, 6.45) is 2.57. The number of rotatable bonds is 8. The highest BCUT2D eigenvalue weighted by molar-refractivity contribution is 8.23. The number of aromatic nitrogens is 2. The molecule has 1 saturated heterocycles. The van der Waals surface area contributed by atoms with Crippen molar-refractivity contribution in [1.29, 1.82) is 0 Å². The minimum atomic E-state index is -0.738. The maximum absolute atomic E-state index is 13.1. The minimum absolute atomic E-state index is 0.0949. The number of halogens is 2. The molecule has 1 aliphatic rings. The molecule has 1 N–H and O–H groups in total. The molecule has 2 heterocycles. The van der Waals surface area contributed by atoms with Gasteiger partial charge in [0.2, 0.25) is 5.91 Å². The normalized spacial score (nSPS) is 13.8. The number of thioether (sulfide) groups is 1. The summed E-state index contributed by atoms with van der Waals surface area (Å²) >= 11 is 12.7. The van der Waals surface area contributed by atoms with Gasteiger partial charge < -0.3 is 10.1 Å². The number of carbonyl (C=O) groups is 3. The van der Waals surface area contributed by atoms with Crippen molar-refractivity contribution in [3.63, 3.8) is 0 Å². The molecule has 1 aromatic carbocycles. The number of hydrogen-bond donors (Lipinski definition) is 1. The van der Waals surface area contributed by atoms with E-state index in [1.807, 2.05) is 0 Å². The Morgan fingerprint density at radius 3 is 2.75 bits per heavy atom. The van der Waals surface area contributed by atoms with E-state index in [1.165, 1.54) is 51.7 Å². The fraction of sp³-hybridized carbons (Fsp3) is 0.250. The van der Waals surface area contributed by atoms with E-state index in [2.05, 4.69) is 10.4 Å². The van der Waals surface area contributed by atoms with Crippen molar-refractivity contribution < 1.29 is 23.5 Å². The highest BCUT2D eigenvalue weighted by Gasteiger charge is 2.26. The van der Waals surface area contributed by atoms with Gasteiger partial charge in [-0.3, -0.25) is 14.5 Å². The van der Waals surface area contributed by atoms with Crippen molar-refractivity contribution >= 4 is 63.8 Å². The molecule has 168 valence electrons.